The van der Waals surface area contributed by atoms with Gasteiger partial charge in [0.2, 0.25) is 11.7 Å². The van der Waals surface area contributed by atoms with Gasteiger partial charge in [-0.05, 0) is 24.1 Å². The van der Waals surface area contributed by atoms with Crippen LogP contribution in [-0.4, -0.2) is 38.3 Å². The molecular formula is C28H32N3S+3. The molecule has 4 heteroatoms. The lowest BCUT2D eigenvalue weighted by molar-refractivity contribution is -0.912. The van der Waals surface area contributed by atoms with Crippen LogP contribution in [0.4, 0.5) is 5.69 Å². The van der Waals surface area contributed by atoms with Crippen molar-refractivity contribution >= 4 is 38.4 Å². The molecule has 3 aliphatic heterocycles. The second kappa shape index (κ2) is 7.24. The van der Waals surface area contributed by atoms with E-state index in [2.05, 4.69) is 98.7 Å². The first-order valence-electron chi connectivity index (χ1n) is 11.8. The topological polar surface area (TPSA) is 3.88 Å². The number of quaternary nitrogens is 2. The Balaban J connectivity index is 1.42. The largest absolute Gasteiger partial charge is 0.281 e. The number of rotatable bonds is 2. The number of thiazole rings is 1. The van der Waals surface area contributed by atoms with Crippen molar-refractivity contribution in [2.24, 2.45) is 0 Å². The Bertz CT molecular complexity index is 1300. The smallest absolute Gasteiger partial charge is 0.265 e. The summed E-state index contributed by atoms with van der Waals surface area (Å²) in [5.74, 6) is 0. The summed E-state index contributed by atoms with van der Waals surface area (Å²) in [7, 11) is 7.00. The number of hydrogen-bond acceptors (Lipinski definition) is 1. The van der Waals surface area contributed by atoms with Gasteiger partial charge in [0, 0.05) is 35.8 Å². The summed E-state index contributed by atoms with van der Waals surface area (Å²) in [5.41, 5.74) is 7.04. The van der Waals surface area contributed by atoms with Crippen molar-refractivity contribution in [2.75, 3.05) is 27.7 Å². The van der Waals surface area contributed by atoms with Crippen LogP contribution in [0.5, 0.6) is 0 Å². The number of aromatic nitrogens is 1. The summed E-state index contributed by atoms with van der Waals surface area (Å²) in [5, 5.41) is 1.43. The Labute approximate surface area is 195 Å². The van der Waals surface area contributed by atoms with Gasteiger partial charge in [0.1, 0.15) is 29.6 Å². The predicted octanol–water partition coefficient (Wildman–Crippen LogP) is 5.72. The summed E-state index contributed by atoms with van der Waals surface area (Å²) < 4.78 is 5.89. The first kappa shape index (κ1) is 20.1. The molecule has 0 N–H and O–H groups in total. The molecule has 3 aromatic rings. The fourth-order valence-corrected chi connectivity index (χ4v) is 7.21. The van der Waals surface area contributed by atoms with E-state index in [0.717, 1.165) is 21.9 Å². The fourth-order valence-electron chi connectivity index (χ4n) is 5.97. The van der Waals surface area contributed by atoms with Crippen molar-refractivity contribution < 1.29 is 9.05 Å². The molecule has 2 aromatic carbocycles. The lowest BCUT2D eigenvalue weighted by Gasteiger charge is -2.54. The molecule has 0 saturated carbocycles. The summed E-state index contributed by atoms with van der Waals surface area (Å²) in [4.78, 5) is 0. The number of nitrogens with zero attached hydrogens (tertiary/aromatic N) is 3. The maximum atomic E-state index is 2.52. The van der Waals surface area contributed by atoms with E-state index < -0.39 is 0 Å². The molecule has 2 atom stereocenters. The van der Waals surface area contributed by atoms with Crippen molar-refractivity contribution in [1.29, 1.82) is 0 Å². The lowest BCUT2D eigenvalue weighted by atomic mass is 9.91. The van der Waals surface area contributed by atoms with Gasteiger partial charge in [-0.2, -0.15) is 4.57 Å². The number of hydrogen-bond donors (Lipinski definition) is 0. The van der Waals surface area contributed by atoms with E-state index in [-0.39, 0.29) is 0 Å². The van der Waals surface area contributed by atoms with Crippen LogP contribution < -0.4 is 9.05 Å². The van der Waals surface area contributed by atoms with Crippen molar-refractivity contribution in [3.8, 4) is 0 Å². The summed E-state index contributed by atoms with van der Waals surface area (Å²) in [6.07, 6.45) is 13.8. The highest BCUT2D eigenvalue weighted by atomic mass is 32.1. The van der Waals surface area contributed by atoms with E-state index in [1.54, 1.807) is 0 Å². The van der Waals surface area contributed by atoms with Gasteiger partial charge in [-0.1, -0.05) is 47.8 Å². The second-order valence-electron chi connectivity index (χ2n) is 10.3. The van der Waals surface area contributed by atoms with E-state index in [4.69, 9.17) is 0 Å². The molecule has 0 radical (unpaired) electrons. The molecule has 6 rings (SSSR count). The lowest BCUT2D eigenvalue weighted by Crippen LogP contribution is -2.73. The minimum atomic E-state index is 0.586. The zero-order valence-corrected chi connectivity index (χ0v) is 20.1. The average Bonchev–Trinajstić information content (AvgIpc) is 3.15. The summed E-state index contributed by atoms with van der Waals surface area (Å²) in [6.45, 7) is 2.33. The maximum Gasteiger partial charge on any atom is 0.265 e. The molecule has 2 unspecified atom stereocenters. The molecule has 4 heterocycles. The zero-order chi connectivity index (χ0) is 21.9. The van der Waals surface area contributed by atoms with Crippen LogP contribution in [0, 0.1) is 0 Å². The SMILES string of the molecule is C[N+](C)(C)C1CC[N+]12C=CC(=CC=C1CCC[n+]3c1sc1ccccc13)c1ccccc12. The van der Waals surface area contributed by atoms with E-state index in [0.29, 0.717) is 6.17 Å². The van der Waals surface area contributed by atoms with Crippen molar-refractivity contribution in [2.45, 2.75) is 32.0 Å². The van der Waals surface area contributed by atoms with Crippen LogP contribution in [0.3, 0.4) is 0 Å². The van der Waals surface area contributed by atoms with E-state index >= 15 is 0 Å². The Morgan fingerprint density at radius 3 is 2.66 bits per heavy atom. The van der Waals surface area contributed by atoms with Crippen molar-refractivity contribution in [1.82, 2.24) is 4.48 Å². The van der Waals surface area contributed by atoms with Crippen LogP contribution in [0.2, 0.25) is 0 Å². The third-order valence-corrected chi connectivity index (χ3v) is 8.78. The standard InChI is InChI=1S/C28H32N3S/c1-30(2,3)27-17-20-31(27)19-16-21(23-10-4-6-12-25(23)31)14-15-22-9-8-18-29-24-11-5-7-13-26(24)32-28(22)29/h4-7,10-16,19,27H,8-9,17-18,20H2,1-3H3/q+3. The van der Waals surface area contributed by atoms with Gasteiger partial charge in [-0.25, -0.2) is 4.48 Å². The third kappa shape index (κ3) is 2.97. The molecule has 0 aliphatic carbocycles. The average molecular weight is 443 g/mol. The Morgan fingerprint density at radius 2 is 1.84 bits per heavy atom. The van der Waals surface area contributed by atoms with Gasteiger partial charge in [-0.15, -0.1) is 0 Å². The van der Waals surface area contributed by atoms with Crippen LogP contribution in [0.15, 0.2) is 73.0 Å². The molecule has 0 bridgehead atoms. The van der Waals surface area contributed by atoms with E-state index in [1.807, 2.05) is 11.3 Å². The molecule has 3 aliphatic rings. The number of para-hydroxylation sites is 2. The number of aryl methyl sites for hydroxylation is 1. The molecule has 1 saturated heterocycles. The monoisotopic (exact) mass is 442 g/mol. The van der Waals surface area contributed by atoms with Gasteiger partial charge in [-0.3, -0.25) is 4.48 Å². The minimum absolute atomic E-state index is 0.586. The van der Waals surface area contributed by atoms with Gasteiger partial charge < -0.3 is 0 Å². The fraction of sp³-hybridized carbons (Fsp3) is 0.321. The molecule has 3 nitrogen and oxygen atoms in total. The number of allylic oxidation sites excluding steroid dienone is 5. The molecule has 32 heavy (non-hydrogen) atoms. The van der Waals surface area contributed by atoms with Crippen molar-refractivity contribution in [3.63, 3.8) is 0 Å². The summed E-state index contributed by atoms with van der Waals surface area (Å²) >= 11 is 1.94. The first-order chi connectivity index (χ1) is 15.5. The highest BCUT2D eigenvalue weighted by Gasteiger charge is 2.56. The summed E-state index contributed by atoms with van der Waals surface area (Å²) in [6, 6.07) is 17.9. The molecule has 1 fully saturated rings. The molecule has 1 aromatic heterocycles. The molecule has 1 spiro atoms. The predicted molar refractivity (Wildman–Crippen MR) is 136 cm³/mol. The van der Waals surface area contributed by atoms with Crippen molar-refractivity contribution in [3.05, 3.63) is 83.5 Å². The Hall–Kier alpha value is -2.53. The van der Waals surface area contributed by atoms with Gasteiger partial charge in [0.05, 0.1) is 21.1 Å². The quantitative estimate of drug-likeness (QED) is 0.353. The molecule has 162 valence electrons. The maximum absolute atomic E-state index is 2.52. The normalized spacial score (nSPS) is 27.0. The van der Waals surface area contributed by atoms with Crippen LogP contribution in [0.25, 0.3) is 21.4 Å². The van der Waals surface area contributed by atoms with Gasteiger partial charge >= 0.3 is 0 Å². The van der Waals surface area contributed by atoms with E-state index in [9.17, 15) is 0 Å². The number of fused-ring (bicyclic) bond motifs is 5. The number of benzene rings is 2. The van der Waals surface area contributed by atoms with Crippen LogP contribution >= 0.6 is 11.3 Å². The highest BCUT2D eigenvalue weighted by molar-refractivity contribution is 7.19. The minimum Gasteiger partial charge on any atom is -0.281 e. The second-order valence-corrected chi connectivity index (χ2v) is 11.3. The zero-order valence-electron chi connectivity index (χ0n) is 19.3. The molecular weight excluding hydrogens is 410 g/mol. The molecule has 0 amide bonds. The highest BCUT2D eigenvalue weighted by Crippen LogP contribution is 2.46. The van der Waals surface area contributed by atoms with Crippen LogP contribution in [0.1, 0.15) is 29.8 Å². The first-order valence-corrected chi connectivity index (χ1v) is 12.6. The Kier molecular flexibility index (Phi) is 4.55. The third-order valence-electron chi connectivity index (χ3n) is 7.54. The van der Waals surface area contributed by atoms with Gasteiger partial charge in [0.25, 0.3) is 5.01 Å². The van der Waals surface area contributed by atoms with E-state index in [1.165, 1.54) is 57.0 Å². The Morgan fingerprint density at radius 1 is 1.03 bits per heavy atom. The van der Waals surface area contributed by atoms with Gasteiger partial charge in [0.15, 0.2) is 6.54 Å². The van der Waals surface area contributed by atoms with Crippen LogP contribution in [-0.2, 0) is 6.54 Å².